The van der Waals surface area contributed by atoms with E-state index >= 15 is 0 Å². The van der Waals surface area contributed by atoms with Crippen molar-refractivity contribution in [3.05, 3.63) is 53.8 Å². The first kappa shape index (κ1) is 22.2. The minimum absolute atomic E-state index is 0.0600. The standard InChI is InChI=1S/C20H23FN2O6S/c1-28-18-4-3-5-19(29-2)17(18)12-22-10-15(24)11-23(13-20(22)25)30(26,27)16-8-6-14(21)7-9-16/h3-9,15,24H,10-13H2,1-2H3. The fourth-order valence-electron chi connectivity index (χ4n) is 3.33. The van der Waals surface area contributed by atoms with Gasteiger partial charge in [0.1, 0.15) is 23.9 Å². The zero-order valence-corrected chi connectivity index (χ0v) is 17.4. The van der Waals surface area contributed by atoms with E-state index in [1.54, 1.807) is 18.2 Å². The van der Waals surface area contributed by atoms with Crippen molar-refractivity contribution in [2.75, 3.05) is 33.9 Å². The minimum Gasteiger partial charge on any atom is -0.593 e. The van der Waals surface area contributed by atoms with Crippen LogP contribution < -0.4 is 9.47 Å². The molecule has 2 aromatic carbocycles. The number of aliphatic hydroxyl groups excluding tert-OH is 1. The summed E-state index contributed by atoms with van der Waals surface area (Å²) in [6.07, 6.45) is -1.10. The SMILES string of the molecule is COc1cccc(OC)c1CN1CC(O)CN([S+](=O)([O-])c2ccc(F)cc2)CC1=O. The van der Waals surface area contributed by atoms with E-state index in [0.29, 0.717) is 17.1 Å². The average molecular weight is 438 g/mol. The Morgan fingerprint density at radius 3 is 2.30 bits per heavy atom. The van der Waals surface area contributed by atoms with Gasteiger partial charge in [0.15, 0.2) is 15.3 Å². The topological polar surface area (TPSA) is 102 Å². The van der Waals surface area contributed by atoms with Crippen LogP contribution in [0.1, 0.15) is 5.56 Å². The van der Waals surface area contributed by atoms with E-state index in [9.17, 15) is 23.1 Å². The van der Waals surface area contributed by atoms with Crippen LogP contribution in [0.15, 0.2) is 47.4 Å². The first-order valence-electron chi connectivity index (χ1n) is 9.17. The second-order valence-corrected chi connectivity index (χ2v) is 8.76. The molecule has 2 aromatic rings. The molecule has 1 N–H and O–H groups in total. The summed E-state index contributed by atoms with van der Waals surface area (Å²) in [6.45, 7) is -0.692. The number of hydrogen-bond donors (Lipinski definition) is 1. The van der Waals surface area contributed by atoms with Crippen molar-refractivity contribution in [3.8, 4) is 11.5 Å². The van der Waals surface area contributed by atoms with Gasteiger partial charge in [0.2, 0.25) is 5.91 Å². The summed E-state index contributed by atoms with van der Waals surface area (Å²) < 4.78 is 50.5. The molecule has 10 heteroatoms. The summed E-state index contributed by atoms with van der Waals surface area (Å²) in [7, 11) is -1.09. The third-order valence-corrected chi connectivity index (χ3v) is 6.67. The normalized spacial score (nSPS) is 19.8. The molecule has 0 spiro atoms. The predicted molar refractivity (Wildman–Crippen MR) is 106 cm³/mol. The van der Waals surface area contributed by atoms with Gasteiger partial charge in [-0.3, -0.25) is 4.79 Å². The first-order valence-corrected chi connectivity index (χ1v) is 10.6. The number of rotatable bonds is 6. The van der Waals surface area contributed by atoms with Crippen LogP contribution in [0.3, 0.4) is 0 Å². The van der Waals surface area contributed by atoms with E-state index in [-0.39, 0.29) is 24.5 Å². The molecule has 8 nitrogen and oxygen atoms in total. The van der Waals surface area contributed by atoms with E-state index in [4.69, 9.17) is 9.47 Å². The van der Waals surface area contributed by atoms with Crippen LogP contribution in [0.5, 0.6) is 11.5 Å². The van der Waals surface area contributed by atoms with Gasteiger partial charge in [-0.05, 0) is 36.4 Å². The van der Waals surface area contributed by atoms with Crippen LogP contribution in [-0.4, -0.2) is 64.7 Å². The number of methoxy groups -OCH3 is 2. The summed E-state index contributed by atoms with van der Waals surface area (Å²) in [5.41, 5.74) is 0.609. The number of benzene rings is 2. The van der Waals surface area contributed by atoms with Crippen molar-refractivity contribution in [1.29, 1.82) is 0 Å². The number of β-amino-alcohol motifs (C(OH)–C–C–N with tert-alkyl or cyclic N) is 1. The van der Waals surface area contributed by atoms with E-state index in [0.717, 1.165) is 28.6 Å². The Hall–Kier alpha value is -2.53. The fraction of sp³-hybridized carbons (Fsp3) is 0.350. The second-order valence-electron chi connectivity index (χ2n) is 6.82. The second kappa shape index (κ2) is 9.09. The van der Waals surface area contributed by atoms with Crippen LogP contribution in [0.4, 0.5) is 4.39 Å². The first-order chi connectivity index (χ1) is 14.3. The molecule has 1 saturated heterocycles. The lowest BCUT2D eigenvalue weighted by molar-refractivity contribution is -0.131. The van der Waals surface area contributed by atoms with Gasteiger partial charge in [0.05, 0.1) is 39.0 Å². The average Bonchev–Trinajstić information content (AvgIpc) is 2.86. The number of sulfonamides is 1. The van der Waals surface area contributed by atoms with Gasteiger partial charge in [-0.15, -0.1) is 4.31 Å². The summed E-state index contributed by atoms with van der Waals surface area (Å²) in [6, 6.07) is 9.52. The summed E-state index contributed by atoms with van der Waals surface area (Å²) in [5, 5.41) is 10.4. The number of nitrogens with zero attached hydrogens (tertiary/aromatic N) is 2. The Labute approximate surface area is 175 Å². The van der Waals surface area contributed by atoms with Crippen molar-refractivity contribution in [3.63, 3.8) is 0 Å². The quantitative estimate of drug-likeness (QED) is 0.685. The molecule has 2 unspecified atom stereocenters. The largest absolute Gasteiger partial charge is 0.593 e. The molecule has 3 rings (SSSR count). The third-order valence-electron chi connectivity index (χ3n) is 4.84. The maximum Gasteiger partial charge on any atom is 0.241 e. The molecule has 0 radical (unpaired) electrons. The Balaban J connectivity index is 1.85. The predicted octanol–water partition coefficient (Wildman–Crippen LogP) is 1.45. The molecule has 162 valence electrons. The van der Waals surface area contributed by atoms with Crippen molar-refractivity contribution in [2.45, 2.75) is 17.5 Å². The highest BCUT2D eigenvalue weighted by molar-refractivity contribution is 7.95. The van der Waals surface area contributed by atoms with Crippen LogP contribution in [0, 0.1) is 5.82 Å². The van der Waals surface area contributed by atoms with Gasteiger partial charge >= 0.3 is 0 Å². The highest BCUT2D eigenvalue weighted by Crippen LogP contribution is 2.31. The van der Waals surface area contributed by atoms with E-state index < -0.39 is 34.8 Å². The lowest BCUT2D eigenvalue weighted by Gasteiger charge is -2.26. The minimum atomic E-state index is -4.08. The smallest absolute Gasteiger partial charge is 0.241 e. The Morgan fingerprint density at radius 1 is 1.13 bits per heavy atom. The van der Waals surface area contributed by atoms with Crippen molar-refractivity contribution in [1.82, 2.24) is 9.21 Å². The molecule has 1 fully saturated rings. The lowest BCUT2D eigenvalue weighted by atomic mass is 10.1. The molecule has 1 aliphatic heterocycles. The maximum atomic E-state index is 13.2. The Morgan fingerprint density at radius 2 is 1.73 bits per heavy atom. The van der Waals surface area contributed by atoms with Crippen molar-refractivity contribution < 1.29 is 32.5 Å². The molecule has 1 amide bonds. The van der Waals surface area contributed by atoms with E-state index in [2.05, 4.69) is 0 Å². The molecular formula is C20H23FN2O6S. The molecule has 1 heterocycles. The van der Waals surface area contributed by atoms with Crippen LogP contribution in [-0.2, 0) is 25.9 Å². The Kier molecular flexibility index (Phi) is 6.71. The molecule has 0 bridgehead atoms. The number of halogens is 1. The number of hydrogen-bond acceptors (Lipinski definition) is 6. The highest BCUT2D eigenvalue weighted by atomic mass is 32.3. The van der Waals surface area contributed by atoms with Gasteiger partial charge in [0.25, 0.3) is 0 Å². The van der Waals surface area contributed by atoms with Crippen molar-refractivity contribution >= 4 is 16.3 Å². The zero-order chi connectivity index (χ0) is 21.9. The van der Waals surface area contributed by atoms with Gasteiger partial charge in [-0.25, -0.2) is 4.39 Å². The monoisotopic (exact) mass is 438 g/mol. The fourth-order valence-corrected chi connectivity index (χ4v) is 4.76. The number of amides is 1. The Bertz CT molecular complexity index is 933. The molecule has 1 aliphatic rings. The summed E-state index contributed by atoms with van der Waals surface area (Å²) in [4.78, 5) is 14.1. The number of ether oxygens (including phenoxy) is 2. The van der Waals surface area contributed by atoms with Gasteiger partial charge in [-0.1, -0.05) is 10.3 Å². The molecular weight excluding hydrogens is 415 g/mol. The zero-order valence-electron chi connectivity index (χ0n) is 16.6. The van der Waals surface area contributed by atoms with Crippen molar-refractivity contribution in [2.24, 2.45) is 0 Å². The van der Waals surface area contributed by atoms with E-state index in [1.165, 1.54) is 19.1 Å². The van der Waals surface area contributed by atoms with Gasteiger partial charge < -0.3 is 24.0 Å². The molecule has 0 saturated carbocycles. The summed E-state index contributed by atoms with van der Waals surface area (Å²) in [5.74, 6) is -0.0311. The van der Waals surface area contributed by atoms with Gasteiger partial charge in [0, 0.05) is 6.54 Å². The molecule has 0 aromatic heterocycles. The number of carbonyl (C=O) groups excluding carboxylic acids is 1. The van der Waals surface area contributed by atoms with Crippen LogP contribution in [0.25, 0.3) is 0 Å². The lowest BCUT2D eigenvalue weighted by Crippen LogP contribution is -2.42. The van der Waals surface area contributed by atoms with Gasteiger partial charge in [-0.2, -0.15) is 0 Å². The van der Waals surface area contributed by atoms with Crippen LogP contribution in [0.2, 0.25) is 0 Å². The third kappa shape index (κ3) is 4.62. The molecule has 2 atom stereocenters. The van der Waals surface area contributed by atoms with E-state index in [1.807, 2.05) is 0 Å². The maximum absolute atomic E-state index is 13.2. The molecule has 0 aliphatic carbocycles. The highest BCUT2D eigenvalue weighted by Gasteiger charge is 2.38. The number of carbonyl (C=O) groups is 1. The van der Waals surface area contributed by atoms with Crippen LogP contribution >= 0.6 is 0 Å². The molecule has 30 heavy (non-hydrogen) atoms. The number of aliphatic hydroxyl groups is 1. The summed E-state index contributed by atoms with van der Waals surface area (Å²) >= 11 is 0.